The van der Waals surface area contributed by atoms with Gasteiger partial charge >= 0.3 is 0 Å². The minimum atomic E-state index is -0.780. The highest BCUT2D eigenvalue weighted by molar-refractivity contribution is 6.34. The van der Waals surface area contributed by atoms with E-state index in [2.05, 4.69) is 9.97 Å². The number of aromatic hydroxyl groups is 1. The molecule has 0 spiro atoms. The highest BCUT2D eigenvalue weighted by Gasteiger charge is 2.22. The molecule has 132 valence electrons. The van der Waals surface area contributed by atoms with Gasteiger partial charge in [0, 0.05) is 10.9 Å². The first-order valence-corrected chi connectivity index (χ1v) is 8.40. The highest BCUT2D eigenvalue weighted by atomic mass is 35.5. The van der Waals surface area contributed by atoms with Gasteiger partial charge in [-0.25, -0.2) is 18.7 Å². The van der Waals surface area contributed by atoms with E-state index < -0.39 is 11.6 Å². The van der Waals surface area contributed by atoms with Crippen molar-refractivity contribution in [3.05, 3.63) is 52.9 Å². The maximum Gasteiger partial charge on any atom is 0.159 e. The fraction of sp³-hybridized carbons (Fsp3) is 0.263. The molecule has 0 fully saturated rings. The quantitative estimate of drug-likeness (QED) is 0.599. The van der Waals surface area contributed by atoms with E-state index in [1.54, 1.807) is 0 Å². The molecule has 0 aliphatic rings. The Balaban J connectivity index is 0.00000109. The van der Waals surface area contributed by atoms with Crippen LogP contribution in [0.2, 0.25) is 5.02 Å². The van der Waals surface area contributed by atoms with Gasteiger partial charge in [0.25, 0.3) is 0 Å². The number of rotatable bonds is 2. The number of hydrogen-bond acceptors (Lipinski definition) is 3. The highest BCUT2D eigenvalue weighted by Crippen LogP contribution is 2.41. The minimum absolute atomic E-state index is 0.00731. The lowest BCUT2D eigenvalue weighted by molar-refractivity contribution is 0.471. The summed E-state index contributed by atoms with van der Waals surface area (Å²) in [6.07, 6.45) is 1.26. The molecule has 0 aliphatic heterocycles. The predicted molar refractivity (Wildman–Crippen MR) is 97.0 cm³/mol. The number of nitrogens with zero attached hydrogens (tertiary/aromatic N) is 2. The molecular weight excluding hydrogens is 346 g/mol. The molecule has 6 heteroatoms. The third-order valence-corrected chi connectivity index (χ3v) is 3.94. The van der Waals surface area contributed by atoms with E-state index in [9.17, 15) is 13.9 Å². The van der Waals surface area contributed by atoms with Crippen LogP contribution >= 0.6 is 11.6 Å². The molecule has 0 atom stereocenters. The number of halogens is 3. The van der Waals surface area contributed by atoms with Crippen LogP contribution in [-0.4, -0.2) is 15.1 Å². The summed E-state index contributed by atoms with van der Waals surface area (Å²) in [5, 5.41) is 10.4. The van der Waals surface area contributed by atoms with E-state index in [0.717, 1.165) is 6.07 Å². The summed E-state index contributed by atoms with van der Waals surface area (Å²) < 4.78 is 29.1. The lowest BCUT2D eigenvalue weighted by atomic mass is 9.98. The summed E-state index contributed by atoms with van der Waals surface area (Å²) in [5.74, 6) is -1.88. The molecule has 0 saturated heterocycles. The number of benzene rings is 2. The van der Waals surface area contributed by atoms with Gasteiger partial charge in [0.2, 0.25) is 0 Å². The van der Waals surface area contributed by atoms with E-state index in [1.165, 1.54) is 24.5 Å². The van der Waals surface area contributed by atoms with Crippen molar-refractivity contribution in [1.82, 2.24) is 9.97 Å². The Bertz CT molecular complexity index is 893. The van der Waals surface area contributed by atoms with Crippen LogP contribution in [0.15, 0.2) is 30.6 Å². The minimum Gasteiger partial charge on any atom is -0.507 e. The van der Waals surface area contributed by atoms with E-state index in [4.69, 9.17) is 11.6 Å². The molecule has 3 aromatic rings. The molecule has 1 aromatic heterocycles. The second-order valence-electron chi connectivity index (χ2n) is 5.49. The van der Waals surface area contributed by atoms with E-state index in [0.29, 0.717) is 11.1 Å². The lowest BCUT2D eigenvalue weighted by Gasteiger charge is -2.14. The van der Waals surface area contributed by atoms with Crippen molar-refractivity contribution in [2.75, 3.05) is 0 Å². The summed E-state index contributed by atoms with van der Waals surface area (Å²) in [4.78, 5) is 8.13. The van der Waals surface area contributed by atoms with Crippen LogP contribution in [0.4, 0.5) is 8.78 Å². The van der Waals surface area contributed by atoms with Crippen molar-refractivity contribution in [1.29, 1.82) is 0 Å². The van der Waals surface area contributed by atoms with Crippen LogP contribution in [0.3, 0.4) is 0 Å². The number of hydrogen-bond donors (Lipinski definition) is 1. The summed E-state index contributed by atoms with van der Waals surface area (Å²) >= 11 is 6.19. The number of phenols is 1. The SMILES string of the molecule is CC.CC(C)c1ncnc2c(F)c(-c3c(O)cccc3F)c(Cl)cc12. The molecule has 0 aliphatic carbocycles. The summed E-state index contributed by atoms with van der Waals surface area (Å²) in [6, 6.07) is 5.25. The average molecular weight is 365 g/mol. The fourth-order valence-electron chi connectivity index (χ4n) is 2.60. The zero-order chi connectivity index (χ0) is 18.7. The molecule has 0 radical (unpaired) electrons. The number of phenolic OH excluding ortho intramolecular Hbond substituents is 1. The Morgan fingerprint density at radius 3 is 2.36 bits per heavy atom. The first-order chi connectivity index (χ1) is 11.9. The molecule has 0 unspecified atom stereocenters. The molecule has 1 heterocycles. The fourth-order valence-corrected chi connectivity index (χ4v) is 2.88. The van der Waals surface area contributed by atoms with Gasteiger partial charge in [0.1, 0.15) is 23.4 Å². The van der Waals surface area contributed by atoms with Crippen LogP contribution in [0.25, 0.3) is 22.0 Å². The molecule has 1 N–H and O–H groups in total. The summed E-state index contributed by atoms with van der Waals surface area (Å²) in [5.41, 5.74) is 0.218. The molecule has 0 amide bonds. The second kappa shape index (κ2) is 7.74. The number of fused-ring (bicyclic) bond motifs is 1. The van der Waals surface area contributed by atoms with Crippen molar-refractivity contribution < 1.29 is 13.9 Å². The third kappa shape index (κ3) is 3.42. The van der Waals surface area contributed by atoms with Gasteiger partial charge in [0.05, 0.1) is 16.3 Å². The average Bonchev–Trinajstić information content (AvgIpc) is 2.58. The topological polar surface area (TPSA) is 46.0 Å². The second-order valence-corrected chi connectivity index (χ2v) is 5.90. The monoisotopic (exact) mass is 364 g/mol. The molecule has 2 aromatic carbocycles. The molecule has 0 bridgehead atoms. The number of aromatic nitrogens is 2. The summed E-state index contributed by atoms with van der Waals surface area (Å²) in [7, 11) is 0. The zero-order valence-corrected chi connectivity index (χ0v) is 15.2. The van der Waals surface area contributed by atoms with Crippen LogP contribution in [0.1, 0.15) is 39.3 Å². The Hall–Kier alpha value is -2.27. The lowest BCUT2D eigenvalue weighted by Crippen LogP contribution is -2.00. The molecule has 0 saturated carbocycles. The van der Waals surface area contributed by atoms with Crippen molar-refractivity contribution >= 4 is 22.5 Å². The van der Waals surface area contributed by atoms with Crippen molar-refractivity contribution in [2.45, 2.75) is 33.6 Å². The maximum absolute atomic E-state index is 15.0. The van der Waals surface area contributed by atoms with Gasteiger partial charge in [-0.2, -0.15) is 0 Å². The largest absolute Gasteiger partial charge is 0.507 e. The Labute approximate surface area is 150 Å². The van der Waals surface area contributed by atoms with Gasteiger partial charge in [-0.05, 0) is 24.1 Å². The van der Waals surface area contributed by atoms with Crippen molar-refractivity contribution in [3.8, 4) is 16.9 Å². The Morgan fingerprint density at radius 1 is 1.08 bits per heavy atom. The van der Waals surface area contributed by atoms with E-state index in [1.807, 2.05) is 27.7 Å². The molecule has 3 nitrogen and oxygen atoms in total. The maximum atomic E-state index is 15.0. The van der Waals surface area contributed by atoms with Crippen LogP contribution in [-0.2, 0) is 0 Å². The van der Waals surface area contributed by atoms with Gasteiger partial charge < -0.3 is 5.11 Å². The van der Waals surface area contributed by atoms with E-state index >= 15 is 0 Å². The predicted octanol–water partition coefficient (Wildman–Crippen LogP) is 6.08. The molecule has 25 heavy (non-hydrogen) atoms. The third-order valence-electron chi connectivity index (χ3n) is 3.64. The van der Waals surface area contributed by atoms with Gasteiger partial charge in [0.15, 0.2) is 5.82 Å². The van der Waals surface area contributed by atoms with Crippen LogP contribution in [0.5, 0.6) is 5.75 Å². The Kier molecular flexibility index (Phi) is 5.90. The van der Waals surface area contributed by atoms with Gasteiger partial charge in [-0.15, -0.1) is 0 Å². The smallest absolute Gasteiger partial charge is 0.159 e. The first kappa shape index (κ1) is 19.1. The Morgan fingerprint density at radius 2 is 1.76 bits per heavy atom. The van der Waals surface area contributed by atoms with Crippen molar-refractivity contribution in [3.63, 3.8) is 0 Å². The van der Waals surface area contributed by atoms with E-state index in [-0.39, 0.29) is 33.3 Å². The van der Waals surface area contributed by atoms with Crippen LogP contribution in [0, 0.1) is 11.6 Å². The standard InChI is InChI=1S/C17H13ClF2N2O.C2H6/c1-8(2)16-9-6-10(18)13(15(20)17(9)22-7-21-16)14-11(19)4-3-5-12(14)23;1-2/h3-8,23H,1-2H3;1-2H3. The van der Waals surface area contributed by atoms with Gasteiger partial charge in [-0.1, -0.05) is 45.4 Å². The summed E-state index contributed by atoms with van der Waals surface area (Å²) in [6.45, 7) is 7.84. The molecular formula is C19H19ClF2N2O. The van der Waals surface area contributed by atoms with Crippen molar-refractivity contribution in [2.24, 2.45) is 0 Å². The normalized spacial score (nSPS) is 10.7. The van der Waals surface area contributed by atoms with Gasteiger partial charge in [-0.3, -0.25) is 0 Å². The molecule has 3 rings (SSSR count). The van der Waals surface area contributed by atoms with Crippen LogP contribution < -0.4 is 0 Å². The zero-order valence-electron chi connectivity index (χ0n) is 14.4. The first-order valence-electron chi connectivity index (χ1n) is 8.02.